The minimum Gasteiger partial charge on any atom is -0.433 e. The van der Waals surface area contributed by atoms with E-state index in [1.54, 1.807) is 6.92 Å². The van der Waals surface area contributed by atoms with Crippen molar-refractivity contribution >= 4 is 29.2 Å². The molecule has 4 rings (SSSR count). The number of rotatable bonds is 7. The first-order chi connectivity index (χ1) is 15.7. The number of halogens is 1. The molecule has 1 aliphatic carbocycles. The summed E-state index contributed by atoms with van der Waals surface area (Å²) in [4.78, 5) is 50.3. The van der Waals surface area contributed by atoms with Crippen LogP contribution in [0, 0.1) is 5.82 Å². The predicted molar refractivity (Wildman–Crippen MR) is 115 cm³/mol. The van der Waals surface area contributed by atoms with E-state index in [1.165, 1.54) is 35.0 Å². The fourth-order valence-electron chi connectivity index (χ4n) is 3.76. The van der Waals surface area contributed by atoms with Crippen molar-refractivity contribution in [3.05, 3.63) is 58.3 Å². The molecule has 1 aromatic heterocycles. The van der Waals surface area contributed by atoms with Crippen molar-refractivity contribution in [2.75, 3.05) is 17.7 Å². The van der Waals surface area contributed by atoms with Gasteiger partial charge in [-0.2, -0.15) is 0 Å². The molecule has 2 amide bonds. The number of amides is 2. The molecule has 0 radical (unpaired) electrons. The molecule has 1 saturated carbocycles. The summed E-state index contributed by atoms with van der Waals surface area (Å²) in [5, 5.41) is 5.22. The number of ether oxygens (including phenoxy) is 2. The van der Waals surface area contributed by atoms with Crippen LogP contribution in [0.3, 0.4) is 0 Å². The zero-order valence-corrected chi connectivity index (χ0v) is 17.8. The summed E-state index contributed by atoms with van der Waals surface area (Å²) in [5.74, 6) is -2.37. The number of cyclic esters (lactones) is 1. The molecule has 1 saturated heterocycles. The van der Waals surface area contributed by atoms with Crippen LogP contribution in [0.5, 0.6) is 0 Å². The topological polar surface area (TPSA) is 142 Å². The van der Waals surface area contributed by atoms with E-state index < -0.39 is 47.0 Å². The van der Waals surface area contributed by atoms with E-state index in [9.17, 15) is 23.6 Å². The third-order valence-corrected chi connectivity index (χ3v) is 5.68. The molecule has 0 unspecified atom stereocenters. The van der Waals surface area contributed by atoms with E-state index in [0.29, 0.717) is 19.4 Å². The maximum absolute atomic E-state index is 13.7. The van der Waals surface area contributed by atoms with E-state index in [-0.39, 0.29) is 23.4 Å². The maximum atomic E-state index is 13.7. The average molecular weight is 458 g/mol. The number of anilines is 2. The second-order valence-corrected chi connectivity index (χ2v) is 7.92. The van der Waals surface area contributed by atoms with Gasteiger partial charge in [-0.15, -0.1) is 0 Å². The van der Waals surface area contributed by atoms with Crippen molar-refractivity contribution < 1.29 is 28.2 Å². The fourth-order valence-corrected chi connectivity index (χ4v) is 3.76. The number of nitrogens with zero attached hydrogens (tertiary/aromatic N) is 1. The van der Waals surface area contributed by atoms with Gasteiger partial charge >= 0.3 is 5.97 Å². The molecule has 33 heavy (non-hydrogen) atoms. The number of aromatic nitrogens is 1. The Morgan fingerprint density at radius 3 is 2.73 bits per heavy atom. The summed E-state index contributed by atoms with van der Waals surface area (Å²) in [5.41, 5.74) is 3.52. The molecule has 10 nitrogen and oxygen atoms in total. The van der Waals surface area contributed by atoms with E-state index in [1.807, 2.05) is 0 Å². The van der Waals surface area contributed by atoms with Crippen molar-refractivity contribution in [1.82, 2.24) is 9.88 Å². The van der Waals surface area contributed by atoms with Crippen molar-refractivity contribution in [3.8, 4) is 0 Å². The Morgan fingerprint density at radius 1 is 1.30 bits per heavy atom. The van der Waals surface area contributed by atoms with Gasteiger partial charge in [-0.05, 0) is 50.1 Å². The van der Waals surface area contributed by atoms with E-state index in [2.05, 4.69) is 10.6 Å². The van der Waals surface area contributed by atoms with Crippen molar-refractivity contribution in [2.45, 2.75) is 44.1 Å². The number of esters is 1. The molecule has 2 aliphatic rings. The largest absolute Gasteiger partial charge is 0.433 e. The lowest BCUT2D eigenvalue weighted by molar-refractivity contribution is -0.164. The number of carbonyl (C=O) groups is 3. The van der Waals surface area contributed by atoms with Crippen LogP contribution in [0.15, 0.2) is 41.3 Å². The lowest BCUT2D eigenvalue weighted by Gasteiger charge is -2.23. The molecule has 4 N–H and O–H groups in total. The van der Waals surface area contributed by atoms with Gasteiger partial charge in [0.2, 0.25) is 12.2 Å². The number of hydrogen-bond donors (Lipinski definition) is 3. The summed E-state index contributed by atoms with van der Waals surface area (Å²) in [6, 6.07) is 5.82. The smallest absolute Gasteiger partial charge is 0.310 e. The Hall–Kier alpha value is -3.73. The maximum Gasteiger partial charge on any atom is 0.310 e. The second-order valence-electron chi connectivity index (χ2n) is 7.92. The van der Waals surface area contributed by atoms with Gasteiger partial charge in [0.15, 0.2) is 0 Å². The van der Waals surface area contributed by atoms with Gasteiger partial charge in [0.25, 0.3) is 11.5 Å². The second kappa shape index (κ2) is 8.66. The number of nitrogens with two attached hydrogens (primary N) is 1. The van der Waals surface area contributed by atoms with Gasteiger partial charge in [-0.25, -0.2) is 4.39 Å². The van der Waals surface area contributed by atoms with E-state index in [0.717, 1.165) is 6.07 Å². The minimum atomic E-state index is -1.15. The third-order valence-electron chi connectivity index (χ3n) is 5.68. The average Bonchev–Trinajstić information content (AvgIpc) is 3.51. The van der Waals surface area contributed by atoms with Crippen molar-refractivity contribution in [3.63, 3.8) is 0 Å². The van der Waals surface area contributed by atoms with Gasteiger partial charge in [0, 0.05) is 18.4 Å². The summed E-state index contributed by atoms with van der Waals surface area (Å²) < 4.78 is 25.4. The van der Waals surface area contributed by atoms with Crippen LogP contribution in [0.1, 0.15) is 36.5 Å². The summed E-state index contributed by atoms with van der Waals surface area (Å²) in [6.07, 6.45) is 1.35. The van der Waals surface area contributed by atoms with Crippen LogP contribution in [0.25, 0.3) is 0 Å². The van der Waals surface area contributed by atoms with Crippen LogP contribution in [-0.2, 0) is 24.6 Å². The highest BCUT2D eigenvalue weighted by Gasteiger charge is 2.54. The highest BCUT2D eigenvalue weighted by Crippen LogP contribution is 2.43. The van der Waals surface area contributed by atoms with Gasteiger partial charge < -0.3 is 25.8 Å². The first-order valence-corrected chi connectivity index (χ1v) is 10.5. The van der Waals surface area contributed by atoms with Gasteiger partial charge in [0.1, 0.15) is 23.1 Å². The normalized spacial score (nSPS) is 20.7. The molecule has 2 atom stereocenters. The SMILES string of the molecule is CCO[C@H]1OC(=O)C[C@@H]1NC(=O)C1(n2cccc(NC(=O)c3ccc(N)c(F)c3)c2=O)CC1. The molecule has 0 spiro atoms. The van der Waals surface area contributed by atoms with Gasteiger partial charge in [-0.3, -0.25) is 23.7 Å². The molecule has 2 aromatic rings. The molecule has 11 heteroatoms. The lowest BCUT2D eigenvalue weighted by Crippen LogP contribution is -2.49. The van der Waals surface area contributed by atoms with E-state index in [4.69, 9.17) is 15.2 Å². The van der Waals surface area contributed by atoms with Crippen molar-refractivity contribution in [1.29, 1.82) is 0 Å². The number of hydrogen-bond acceptors (Lipinski definition) is 7. The Labute approximate surface area is 187 Å². The lowest BCUT2D eigenvalue weighted by atomic mass is 10.1. The third kappa shape index (κ3) is 4.31. The molecular formula is C22H23FN4O6. The van der Waals surface area contributed by atoms with Crippen LogP contribution in [0.4, 0.5) is 15.8 Å². The zero-order valence-electron chi connectivity index (χ0n) is 17.8. The Morgan fingerprint density at radius 2 is 2.06 bits per heavy atom. The summed E-state index contributed by atoms with van der Waals surface area (Å²) in [6.45, 7) is 2.04. The van der Waals surface area contributed by atoms with Crippen LogP contribution >= 0.6 is 0 Å². The van der Waals surface area contributed by atoms with Crippen LogP contribution < -0.4 is 21.9 Å². The molecule has 2 heterocycles. The Balaban J connectivity index is 1.53. The highest BCUT2D eigenvalue weighted by molar-refractivity contribution is 6.04. The number of pyridine rings is 1. The molecule has 174 valence electrons. The molecule has 1 aromatic carbocycles. The first kappa shape index (κ1) is 22.5. The predicted octanol–water partition coefficient (Wildman–Crippen LogP) is 1.11. The Kier molecular flexibility index (Phi) is 5.90. The fraction of sp³-hybridized carbons (Fsp3) is 0.364. The summed E-state index contributed by atoms with van der Waals surface area (Å²) in [7, 11) is 0. The zero-order chi connectivity index (χ0) is 23.8. The Bertz CT molecular complexity index is 1180. The number of nitrogens with one attached hydrogen (secondary N) is 2. The molecular weight excluding hydrogens is 435 g/mol. The van der Waals surface area contributed by atoms with E-state index >= 15 is 0 Å². The monoisotopic (exact) mass is 458 g/mol. The van der Waals surface area contributed by atoms with Crippen LogP contribution in [0.2, 0.25) is 0 Å². The van der Waals surface area contributed by atoms with Gasteiger partial charge in [-0.1, -0.05) is 0 Å². The first-order valence-electron chi connectivity index (χ1n) is 10.5. The standard InChI is InChI=1S/C22H23FN4O6/c1-2-32-20-16(11-17(28)33-20)26-21(31)22(7-8-22)27-9-3-4-15(19(27)30)25-18(29)12-5-6-14(24)13(23)10-12/h3-6,9-10,16,20H,2,7-8,11,24H2,1H3,(H,25,29)(H,26,31)/t16-,20-/m0/s1. The summed E-state index contributed by atoms with van der Waals surface area (Å²) >= 11 is 0. The van der Waals surface area contributed by atoms with Crippen LogP contribution in [-0.4, -0.2) is 41.3 Å². The minimum absolute atomic E-state index is 0.0109. The molecule has 0 bridgehead atoms. The highest BCUT2D eigenvalue weighted by atomic mass is 19.1. The number of nitrogen functional groups attached to an aromatic ring is 1. The molecule has 2 fully saturated rings. The van der Waals surface area contributed by atoms with Crippen molar-refractivity contribution in [2.24, 2.45) is 0 Å². The molecule has 1 aliphatic heterocycles. The number of benzene rings is 1. The van der Waals surface area contributed by atoms with Gasteiger partial charge in [0.05, 0.1) is 12.1 Å². The number of carbonyl (C=O) groups excluding carboxylic acids is 3. The quantitative estimate of drug-likeness (QED) is 0.417.